The molecule has 0 bridgehead atoms. The normalized spacial score (nSPS) is 18.7. The first-order valence-electron chi connectivity index (χ1n) is 6.49. The van der Waals surface area contributed by atoms with E-state index in [0.29, 0.717) is 18.8 Å². The van der Waals surface area contributed by atoms with Crippen LogP contribution in [0, 0.1) is 5.92 Å². The van der Waals surface area contributed by atoms with Crippen LogP contribution < -0.4 is 10.2 Å². The molecule has 102 valence electrons. The van der Waals surface area contributed by atoms with Gasteiger partial charge in [0.05, 0.1) is 5.92 Å². The lowest BCUT2D eigenvalue weighted by Crippen LogP contribution is -2.33. The van der Waals surface area contributed by atoms with Crippen molar-refractivity contribution < 1.29 is 14.7 Å². The lowest BCUT2D eigenvalue weighted by Gasteiger charge is -2.16. The minimum Gasteiger partial charge on any atom is -0.508 e. The van der Waals surface area contributed by atoms with Gasteiger partial charge in [-0.2, -0.15) is 0 Å². The summed E-state index contributed by atoms with van der Waals surface area (Å²) in [6.07, 6.45) is 1.13. The number of phenolic OH excluding ortho intramolecular Hbond substituents is 1. The molecule has 1 atom stereocenters. The topological polar surface area (TPSA) is 69.6 Å². The maximum absolute atomic E-state index is 11.9. The Hall–Kier alpha value is -2.04. The standard InChI is InChI=1S/C14H18N2O3/c1-2-7-15-14(19)10-8-13(18)16(9-10)11-3-5-12(17)6-4-11/h3-6,10,17H,2,7-9H2,1H3,(H,15,19)/t10-/m0/s1. The van der Waals surface area contributed by atoms with Gasteiger partial charge in [0.15, 0.2) is 0 Å². The highest BCUT2D eigenvalue weighted by Crippen LogP contribution is 2.26. The summed E-state index contributed by atoms with van der Waals surface area (Å²) >= 11 is 0. The Labute approximate surface area is 112 Å². The van der Waals surface area contributed by atoms with Crippen LogP contribution in [0.2, 0.25) is 0 Å². The Bertz CT molecular complexity index is 470. The van der Waals surface area contributed by atoms with Crippen LogP contribution in [0.15, 0.2) is 24.3 Å². The Morgan fingerprint density at radius 3 is 2.74 bits per heavy atom. The summed E-state index contributed by atoms with van der Waals surface area (Å²) in [5.41, 5.74) is 0.716. The van der Waals surface area contributed by atoms with Crippen molar-refractivity contribution in [3.63, 3.8) is 0 Å². The molecular weight excluding hydrogens is 244 g/mol. The molecule has 1 saturated heterocycles. The van der Waals surface area contributed by atoms with Crippen LogP contribution in [0.1, 0.15) is 19.8 Å². The van der Waals surface area contributed by atoms with E-state index in [0.717, 1.165) is 6.42 Å². The molecule has 0 spiro atoms. The molecule has 0 unspecified atom stereocenters. The first-order valence-corrected chi connectivity index (χ1v) is 6.49. The monoisotopic (exact) mass is 262 g/mol. The number of aromatic hydroxyl groups is 1. The molecule has 0 aliphatic carbocycles. The van der Waals surface area contributed by atoms with Gasteiger partial charge in [0, 0.05) is 25.2 Å². The quantitative estimate of drug-likeness (QED) is 0.858. The molecular formula is C14H18N2O3. The smallest absolute Gasteiger partial charge is 0.227 e. The summed E-state index contributed by atoms with van der Waals surface area (Å²) in [6.45, 7) is 3.03. The predicted molar refractivity (Wildman–Crippen MR) is 71.9 cm³/mol. The van der Waals surface area contributed by atoms with Gasteiger partial charge < -0.3 is 15.3 Å². The van der Waals surface area contributed by atoms with Crippen LogP contribution in [-0.4, -0.2) is 30.0 Å². The summed E-state index contributed by atoms with van der Waals surface area (Å²) in [7, 11) is 0. The molecule has 1 heterocycles. The van der Waals surface area contributed by atoms with Gasteiger partial charge in [0.2, 0.25) is 11.8 Å². The highest BCUT2D eigenvalue weighted by Gasteiger charge is 2.34. The van der Waals surface area contributed by atoms with Crippen molar-refractivity contribution in [1.82, 2.24) is 5.32 Å². The summed E-state index contributed by atoms with van der Waals surface area (Å²) < 4.78 is 0. The molecule has 19 heavy (non-hydrogen) atoms. The number of hydrogen-bond acceptors (Lipinski definition) is 3. The average molecular weight is 262 g/mol. The second-order valence-corrected chi connectivity index (χ2v) is 4.71. The Balaban J connectivity index is 2.03. The molecule has 0 radical (unpaired) electrons. The maximum atomic E-state index is 11.9. The lowest BCUT2D eigenvalue weighted by molar-refractivity contribution is -0.126. The molecule has 0 aromatic heterocycles. The third-order valence-corrected chi connectivity index (χ3v) is 3.21. The zero-order valence-corrected chi connectivity index (χ0v) is 10.9. The zero-order chi connectivity index (χ0) is 13.8. The van der Waals surface area contributed by atoms with Crippen LogP contribution >= 0.6 is 0 Å². The van der Waals surface area contributed by atoms with Gasteiger partial charge >= 0.3 is 0 Å². The van der Waals surface area contributed by atoms with E-state index in [2.05, 4.69) is 5.32 Å². The van der Waals surface area contributed by atoms with Gasteiger partial charge in [0.25, 0.3) is 0 Å². The van der Waals surface area contributed by atoms with Gasteiger partial charge in [-0.3, -0.25) is 9.59 Å². The minimum absolute atomic E-state index is 0.0534. The van der Waals surface area contributed by atoms with Gasteiger partial charge in [-0.25, -0.2) is 0 Å². The number of benzene rings is 1. The van der Waals surface area contributed by atoms with E-state index in [4.69, 9.17) is 0 Å². The minimum atomic E-state index is -0.284. The van der Waals surface area contributed by atoms with Gasteiger partial charge in [0.1, 0.15) is 5.75 Å². The van der Waals surface area contributed by atoms with E-state index < -0.39 is 0 Å². The number of nitrogens with zero attached hydrogens (tertiary/aromatic N) is 1. The van der Waals surface area contributed by atoms with Crippen LogP contribution in [0.5, 0.6) is 5.75 Å². The summed E-state index contributed by atoms with van der Waals surface area (Å²) in [4.78, 5) is 25.4. The van der Waals surface area contributed by atoms with Crippen LogP contribution in [0.25, 0.3) is 0 Å². The third kappa shape index (κ3) is 3.05. The predicted octanol–water partition coefficient (Wildman–Crippen LogP) is 1.27. The highest BCUT2D eigenvalue weighted by atomic mass is 16.3. The number of phenols is 1. The van der Waals surface area contributed by atoms with Gasteiger partial charge in [-0.05, 0) is 30.7 Å². The van der Waals surface area contributed by atoms with Crippen molar-refractivity contribution in [2.75, 3.05) is 18.0 Å². The molecule has 1 aromatic carbocycles. The van der Waals surface area contributed by atoms with Crippen molar-refractivity contribution in [3.05, 3.63) is 24.3 Å². The highest BCUT2D eigenvalue weighted by molar-refractivity contribution is 6.00. The molecule has 1 aliphatic heterocycles. The van der Waals surface area contributed by atoms with Crippen LogP contribution in [0.4, 0.5) is 5.69 Å². The Morgan fingerprint density at radius 2 is 2.11 bits per heavy atom. The van der Waals surface area contributed by atoms with Crippen molar-refractivity contribution >= 4 is 17.5 Å². The molecule has 2 amide bonds. The molecule has 1 aliphatic rings. The number of hydrogen-bond donors (Lipinski definition) is 2. The van der Waals surface area contributed by atoms with Crippen molar-refractivity contribution in [1.29, 1.82) is 0 Å². The van der Waals surface area contributed by atoms with E-state index in [1.807, 2.05) is 6.92 Å². The lowest BCUT2D eigenvalue weighted by atomic mass is 10.1. The number of nitrogens with one attached hydrogen (secondary N) is 1. The SMILES string of the molecule is CCCNC(=O)[C@H]1CC(=O)N(c2ccc(O)cc2)C1. The molecule has 1 aromatic rings. The van der Waals surface area contributed by atoms with Gasteiger partial charge in [-0.15, -0.1) is 0 Å². The van der Waals surface area contributed by atoms with E-state index >= 15 is 0 Å². The zero-order valence-electron chi connectivity index (χ0n) is 10.9. The van der Waals surface area contributed by atoms with E-state index in [1.54, 1.807) is 17.0 Å². The molecule has 5 heteroatoms. The second kappa shape index (κ2) is 5.73. The number of rotatable bonds is 4. The molecule has 0 saturated carbocycles. The number of carbonyl (C=O) groups is 2. The average Bonchev–Trinajstić information content (AvgIpc) is 2.79. The molecule has 2 rings (SSSR count). The van der Waals surface area contributed by atoms with E-state index in [-0.39, 0.29) is 29.9 Å². The van der Waals surface area contributed by atoms with Crippen LogP contribution in [-0.2, 0) is 9.59 Å². The first kappa shape index (κ1) is 13.4. The first-order chi connectivity index (χ1) is 9.11. The maximum Gasteiger partial charge on any atom is 0.227 e. The fourth-order valence-corrected chi connectivity index (χ4v) is 2.16. The fourth-order valence-electron chi connectivity index (χ4n) is 2.16. The number of amides is 2. The Kier molecular flexibility index (Phi) is 4.04. The van der Waals surface area contributed by atoms with E-state index in [1.165, 1.54) is 12.1 Å². The van der Waals surface area contributed by atoms with Crippen molar-refractivity contribution in [2.45, 2.75) is 19.8 Å². The molecule has 2 N–H and O–H groups in total. The van der Waals surface area contributed by atoms with Crippen molar-refractivity contribution in [2.24, 2.45) is 5.92 Å². The van der Waals surface area contributed by atoms with Crippen LogP contribution in [0.3, 0.4) is 0 Å². The molecule has 1 fully saturated rings. The number of carbonyl (C=O) groups excluding carboxylic acids is 2. The number of anilines is 1. The van der Waals surface area contributed by atoms with E-state index in [9.17, 15) is 14.7 Å². The Morgan fingerprint density at radius 1 is 1.42 bits per heavy atom. The fraction of sp³-hybridized carbons (Fsp3) is 0.429. The third-order valence-electron chi connectivity index (χ3n) is 3.21. The molecule has 5 nitrogen and oxygen atoms in total. The summed E-state index contributed by atoms with van der Waals surface area (Å²) in [6, 6.07) is 6.43. The summed E-state index contributed by atoms with van der Waals surface area (Å²) in [5, 5.41) is 12.1. The van der Waals surface area contributed by atoms with Crippen molar-refractivity contribution in [3.8, 4) is 5.75 Å². The second-order valence-electron chi connectivity index (χ2n) is 4.71. The largest absolute Gasteiger partial charge is 0.508 e. The van der Waals surface area contributed by atoms with Gasteiger partial charge in [-0.1, -0.05) is 6.92 Å². The summed E-state index contributed by atoms with van der Waals surface area (Å²) in [5.74, 6) is -0.237.